The van der Waals surface area contributed by atoms with Gasteiger partial charge in [-0.1, -0.05) is 59.9 Å². The zero-order valence-corrected chi connectivity index (χ0v) is 18.9. The molecule has 0 atom stereocenters. The lowest BCUT2D eigenvalue weighted by Crippen LogP contribution is -2.29. The van der Waals surface area contributed by atoms with Crippen LogP contribution < -0.4 is 10.3 Å². The molecule has 0 bridgehead atoms. The van der Waals surface area contributed by atoms with Gasteiger partial charge in [-0.3, -0.25) is 4.79 Å². The Morgan fingerprint density at radius 1 is 1.18 bits per heavy atom. The van der Waals surface area contributed by atoms with Crippen LogP contribution in [-0.2, 0) is 5.41 Å². The highest BCUT2D eigenvalue weighted by Gasteiger charge is 2.23. The van der Waals surface area contributed by atoms with Crippen molar-refractivity contribution in [2.45, 2.75) is 26.2 Å². The summed E-state index contributed by atoms with van der Waals surface area (Å²) in [5.74, 6) is 0.944. The molecule has 0 unspecified atom stereocenters. The maximum atomic E-state index is 13.1. The fourth-order valence-corrected chi connectivity index (χ4v) is 3.73. The van der Waals surface area contributed by atoms with Gasteiger partial charge in [0.1, 0.15) is 5.82 Å². The number of methoxy groups -OCH3 is 1. The van der Waals surface area contributed by atoms with E-state index in [2.05, 4.69) is 26.0 Å². The molecule has 3 aromatic rings. The average molecular weight is 483 g/mol. The fraction of sp³-hybridized carbons (Fsp3) is 0.250. The van der Waals surface area contributed by atoms with Crippen LogP contribution in [0.25, 0.3) is 10.9 Å². The van der Waals surface area contributed by atoms with Crippen LogP contribution in [0.1, 0.15) is 32.2 Å². The number of nitrogens with zero attached hydrogens (tertiary/aromatic N) is 3. The number of ether oxygens (including phenoxy) is 1. The number of fused-ring (bicyclic) bond motifs is 1. The summed E-state index contributed by atoms with van der Waals surface area (Å²) in [5, 5.41) is 5.60. The van der Waals surface area contributed by atoms with Crippen LogP contribution in [0, 0.1) is 0 Å². The number of benzene rings is 2. The first kappa shape index (κ1) is 20.8. The van der Waals surface area contributed by atoms with Gasteiger partial charge in [-0.15, -0.1) is 0 Å². The second-order valence-corrected chi connectivity index (χ2v) is 8.96. The fourth-order valence-electron chi connectivity index (χ4n) is 2.71. The van der Waals surface area contributed by atoms with Crippen molar-refractivity contribution in [1.29, 1.82) is 0 Å². The third kappa shape index (κ3) is 4.09. The molecule has 28 heavy (non-hydrogen) atoms. The van der Waals surface area contributed by atoms with Gasteiger partial charge >= 0.3 is 0 Å². The van der Waals surface area contributed by atoms with Gasteiger partial charge in [0.15, 0.2) is 5.75 Å². The highest BCUT2D eigenvalue weighted by Crippen LogP contribution is 2.33. The Morgan fingerprint density at radius 3 is 2.39 bits per heavy atom. The molecule has 0 fully saturated rings. The maximum absolute atomic E-state index is 13.1. The first-order valence-corrected chi connectivity index (χ1v) is 9.97. The molecule has 0 N–H and O–H groups in total. The highest BCUT2D eigenvalue weighted by atomic mass is 79.9. The molecule has 0 radical (unpaired) electrons. The van der Waals surface area contributed by atoms with Crippen LogP contribution in [0.2, 0.25) is 10.0 Å². The third-order valence-corrected chi connectivity index (χ3v) is 5.08. The Kier molecular flexibility index (Phi) is 5.84. The van der Waals surface area contributed by atoms with E-state index in [1.165, 1.54) is 18.0 Å². The molecule has 0 aliphatic carbocycles. The Balaban J connectivity index is 2.20. The Hall–Kier alpha value is -1.89. The zero-order valence-electron chi connectivity index (χ0n) is 15.8. The van der Waals surface area contributed by atoms with Gasteiger partial charge in [-0.05, 0) is 35.9 Å². The van der Waals surface area contributed by atoms with Gasteiger partial charge in [-0.25, -0.2) is 4.98 Å². The largest absolute Gasteiger partial charge is 0.494 e. The molecular weight excluding hydrogens is 465 g/mol. The van der Waals surface area contributed by atoms with Crippen LogP contribution in [0.5, 0.6) is 5.75 Å². The second kappa shape index (κ2) is 7.85. The molecular formula is C20H18BrCl2N3O2. The summed E-state index contributed by atoms with van der Waals surface area (Å²) in [6.45, 7) is 5.94. The quantitative estimate of drug-likeness (QED) is 0.453. The SMILES string of the molecule is COc1c(Cl)cc(C=Nn2c(C(C)(C)C)nc3ccc(Br)cc3c2=O)cc1Cl. The van der Waals surface area contributed by atoms with E-state index < -0.39 is 5.41 Å². The number of hydrogen-bond acceptors (Lipinski definition) is 4. The first-order chi connectivity index (χ1) is 13.1. The lowest BCUT2D eigenvalue weighted by Gasteiger charge is -2.20. The first-order valence-electron chi connectivity index (χ1n) is 8.42. The Labute approximate surface area is 181 Å². The van der Waals surface area contributed by atoms with Gasteiger partial charge < -0.3 is 4.74 Å². The molecule has 2 aromatic carbocycles. The molecule has 146 valence electrons. The Morgan fingerprint density at radius 2 is 1.82 bits per heavy atom. The number of hydrogen-bond donors (Lipinski definition) is 0. The molecule has 0 saturated heterocycles. The predicted molar refractivity (Wildman–Crippen MR) is 118 cm³/mol. The minimum atomic E-state index is -0.396. The maximum Gasteiger partial charge on any atom is 0.282 e. The van der Waals surface area contributed by atoms with Crippen LogP contribution >= 0.6 is 39.1 Å². The molecule has 0 aliphatic heterocycles. The predicted octanol–water partition coefficient (Wildman–Crippen LogP) is 5.65. The van der Waals surface area contributed by atoms with Crippen molar-refractivity contribution in [2.75, 3.05) is 7.11 Å². The van der Waals surface area contributed by atoms with Crippen LogP contribution in [-0.4, -0.2) is 23.0 Å². The van der Waals surface area contributed by atoms with E-state index in [4.69, 9.17) is 27.9 Å². The monoisotopic (exact) mass is 481 g/mol. The zero-order chi connectivity index (χ0) is 20.6. The summed E-state index contributed by atoms with van der Waals surface area (Å²) in [5.41, 5.74) is 0.614. The molecule has 3 rings (SSSR count). The molecule has 5 nitrogen and oxygen atoms in total. The molecule has 8 heteroatoms. The molecule has 0 spiro atoms. The Bertz CT molecular complexity index is 1130. The van der Waals surface area contributed by atoms with Crippen LogP contribution in [0.3, 0.4) is 0 Å². The van der Waals surface area contributed by atoms with Crippen molar-refractivity contribution in [1.82, 2.24) is 9.66 Å². The van der Waals surface area contributed by atoms with Crippen molar-refractivity contribution in [2.24, 2.45) is 5.10 Å². The normalized spacial score (nSPS) is 12.1. The summed E-state index contributed by atoms with van der Waals surface area (Å²) in [4.78, 5) is 17.8. The van der Waals surface area contributed by atoms with E-state index in [0.29, 0.717) is 38.1 Å². The summed E-state index contributed by atoms with van der Waals surface area (Å²) >= 11 is 15.8. The van der Waals surface area contributed by atoms with Crippen LogP contribution in [0.15, 0.2) is 44.7 Å². The van der Waals surface area contributed by atoms with Crippen molar-refractivity contribution in [3.05, 3.63) is 66.6 Å². The minimum absolute atomic E-state index is 0.252. The third-order valence-electron chi connectivity index (χ3n) is 4.03. The molecule has 0 aliphatic rings. The van der Waals surface area contributed by atoms with E-state index in [0.717, 1.165) is 4.47 Å². The van der Waals surface area contributed by atoms with Gasteiger partial charge in [0.05, 0.1) is 34.3 Å². The van der Waals surface area contributed by atoms with Crippen LogP contribution in [0.4, 0.5) is 0 Å². The number of aromatic nitrogens is 2. The summed E-state index contributed by atoms with van der Waals surface area (Å²) < 4.78 is 7.28. The van der Waals surface area contributed by atoms with Crippen molar-refractivity contribution >= 4 is 56.2 Å². The van der Waals surface area contributed by atoms with Gasteiger partial charge in [0, 0.05) is 9.89 Å². The van der Waals surface area contributed by atoms with E-state index in [1.54, 1.807) is 18.2 Å². The lowest BCUT2D eigenvalue weighted by molar-refractivity contribution is 0.415. The van der Waals surface area contributed by atoms with Crippen molar-refractivity contribution in [3.63, 3.8) is 0 Å². The van der Waals surface area contributed by atoms with Gasteiger partial charge in [-0.2, -0.15) is 9.78 Å². The lowest BCUT2D eigenvalue weighted by atomic mass is 9.95. The summed E-state index contributed by atoms with van der Waals surface area (Å²) in [7, 11) is 1.49. The van der Waals surface area contributed by atoms with E-state index in [9.17, 15) is 4.79 Å². The van der Waals surface area contributed by atoms with Crippen molar-refractivity contribution in [3.8, 4) is 5.75 Å². The van der Waals surface area contributed by atoms with Crippen molar-refractivity contribution < 1.29 is 4.74 Å². The highest BCUT2D eigenvalue weighted by molar-refractivity contribution is 9.10. The number of rotatable bonds is 3. The topological polar surface area (TPSA) is 56.5 Å². The van der Waals surface area contributed by atoms with Gasteiger partial charge in [0.2, 0.25) is 0 Å². The molecule has 0 saturated carbocycles. The molecule has 0 amide bonds. The summed E-state index contributed by atoms with van der Waals surface area (Å²) in [6.07, 6.45) is 1.53. The average Bonchev–Trinajstić information content (AvgIpc) is 2.60. The standard InChI is InChI=1S/C20H18BrCl2N3O2/c1-20(2,3)19-25-16-6-5-12(21)9-13(16)18(27)26(19)24-10-11-7-14(22)17(28-4)15(23)8-11/h5-10H,1-4H3. The molecule has 1 aromatic heterocycles. The minimum Gasteiger partial charge on any atom is -0.494 e. The number of halogens is 3. The molecule has 1 heterocycles. The van der Waals surface area contributed by atoms with E-state index in [-0.39, 0.29) is 5.56 Å². The summed E-state index contributed by atoms with van der Waals surface area (Å²) in [6, 6.07) is 8.75. The van der Waals surface area contributed by atoms with Gasteiger partial charge in [0.25, 0.3) is 5.56 Å². The van der Waals surface area contributed by atoms with E-state index >= 15 is 0 Å². The smallest absolute Gasteiger partial charge is 0.282 e. The second-order valence-electron chi connectivity index (χ2n) is 7.23. The van der Waals surface area contributed by atoms with E-state index in [1.807, 2.05) is 32.9 Å².